The monoisotopic (exact) mass is 404 g/mol. The molecule has 0 spiro atoms. The number of methoxy groups -OCH3 is 2. The van der Waals surface area contributed by atoms with Crippen LogP contribution in [0.15, 0.2) is 75.9 Å². The lowest BCUT2D eigenvalue weighted by Gasteiger charge is -2.14. The SMILES string of the molecule is COc1cc(O)c2c(=O)cc(-c3ccccc3OCc3ccccc3)oc2c1OC. The molecule has 0 aliphatic heterocycles. The first-order chi connectivity index (χ1) is 14.6. The molecule has 0 amide bonds. The Labute approximate surface area is 172 Å². The summed E-state index contributed by atoms with van der Waals surface area (Å²) in [5.74, 6) is 1.11. The molecule has 1 aromatic heterocycles. The van der Waals surface area contributed by atoms with E-state index in [4.69, 9.17) is 18.6 Å². The summed E-state index contributed by atoms with van der Waals surface area (Å²) in [4.78, 5) is 12.8. The van der Waals surface area contributed by atoms with Crippen LogP contribution in [0.1, 0.15) is 5.56 Å². The highest BCUT2D eigenvalue weighted by Crippen LogP contribution is 2.41. The van der Waals surface area contributed by atoms with E-state index in [2.05, 4.69) is 0 Å². The first-order valence-electron chi connectivity index (χ1n) is 9.30. The maximum absolute atomic E-state index is 12.8. The average Bonchev–Trinajstić information content (AvgIpc) is 2.78. The smallest absolute Gasteiger partial charge is 0.205 e. The number of aromatic hydroxyl groups is 1. The molecule has 0 aliphatic rings. The second kappa shape index (κ2) is 8.21. The Morgan fingerprint density at radius 3 is 2.37 bits per heavy atom. The zero-order chi connectivity index (χ0) is 21.1. The fraction of sp³-hybridized carbons (Fsp3) is 0.125. The van der Waals surface area contributed by atoms with Crippen LogP contribution in [0, 0.1) is 0 Å². The number of benzene rings is 3. The highest BCUT2D eigenvalue weighted by Gasteiger charge is 2.20. The van der Waals surface area contributed by atoms with Crippen molar-refractivity contribution >= 4 is 11.0 Å². The lowest BCUT2D eigenvalue weighted by Crippen LogP contribution is -2.04. The van der Waals surface area contributed by atoms with E-state index in [1.807, 2.05) is 48.5 Å². The zero-order valence-corrected chi connectivity index (χ0v) is 16.5. The predicted octanol–water partition coefficient (Wildman–Crippen LogP) is 4.76. The molecular weight excluding hydrogens is 384 g/mol. The molecule has 0 bridgehead atoms. The van der Waals surface area contributed by atoms with Crippen LogP contribution in [0.4, 0.5) is 0 Å². The molecular formula is C24H20O6. The van der Waals surface area contributed by atoms with Gasteiger partial charge in [-0.1, -0.05) is 42.5 Å². The number of hydrogen-bond donors (Lipinski definition) is 1. The van der Waals surface area contributed by atoms with Gasteiger partial charge in [-0.25, -0.2) is 0 Å². The van der Waals surface area contributed by atoms with Gasteiger partial charge in [0.15, 0.2) is 16.8 Å². The molecule has 0 radical (unpaired) electrons. The standard InChI is InChI=1S/C24H20O6/c1-27-21-13-18(26)22-17(25)12-20(30-24(22)23(21)28-2)16-10-6-7-11-19(16)29-14-15-8-4-3-5-9-15/h3-13,26H,14H2,1-2H3. The second-order valence-corrected chi connectivity index (χ2v) is 6.58. The van der Waals surface area contributed by atoms with Gasteiger partial charge in [-0.2, -0.15) is 0 Å². The van der Waals surface area contributed by atoms with Gasteiger partial charge in [0.25, 0.3) is 0 Å². The molecule has 4 rings (SSSR count). The molecule has 1 N–H and O–H groups in total. The van der Waals surface area contributed by atoms with Gasteiger partial charge in [-0.15, -0.1) is 0 Å². The Hall–Kier alpha value is -3.93. The van der Waals surface area contributed by atoms with Crippen molar-refractivity contribution < 1.29 is 23.7 Å². The predicted molar refractivity (Wildman–Crippen MR) is 113 cm³/mol. The number of hydrogen-bond acceptors (Lipinski definition) is 6. The molecule has 0 unspecified atom stereocenters. The van der Waals surface area contributed by atoms with Gasteiger partial charge >= 0.3 is 0 Å². The van der Waals surface area contributed by atoms with Gasteiger partial charge in [-0.3, -0.25) is 4.79 Å². The largest absolute Gasteiger partial charge is 0.507 e. The third-order valence-corrected chi connectivity index (χ3v) is 4.72. The maximum atomic E-state index is 12.8. The fourth-order valence-corrected chi connectivity index (χ4v) is 3.28. The van der Waals surface area contributed by atoms with E-state index >= 15 is 0 Å². The Balaban J connectivity index is 1.83. The third kappa shape index (κ3) is 3.55. The van der Waals surface area contributed by atoms with Crippen LogP contribution in [0.3, 0.4) is 0 Å². The van der Waals surface area contributed by atoms with Crippen LogP contribution in [-0.2, 0) is 6.61 Å². The second-order valence-electron chi connectivity index (χ2n) is 6.58. The first kappa shape index (κ1) is 19.4. The summed E-state index contributed by atoms with van der Waals surface area (Å²) in [6.45, 7) is 0.369. The summed E-state index contributed by atoms with van der Waals surface area (Å²) >= 11 is 0. The minimum atomic E-state index is -0.400. The minimum absolute atomic E-state index is 0.0269. The van der Waals surface area contributed by atoms with E-state index in [0.29, 0.717) is 23.7 Å². The summed E-state index contributed by atoms with van der Waals surface area (Å²) in [5.41, 5.74) is 1.33. The maximum Gasteiger partial charge on any atom is 0.205 e. The summed E-state index contributed by atoms with van der Waals surface area (Å²) in [5, 5.41) is 10.3. The van der Waals surface area contributed by atoms with E-state index in [9.17, 15) is 9.90 Å². The van der Waals surface area contributed by atoms with Crippen molar-refractivity contribution in [1.29, 1.82) is 0 Å². The van der Waals surface area contributed by atoms with Crippen molar-refractivity contribution in [2.75, 3.05) is 14.2 Å². The molecule has 30 heavy (non-hydrogen) atoms. The number of para-hydroxylation sites is 1. The number of phenols is 1. The lowest BCUT2D eigenvalue weighted by atomic mass is 10.1. The number of phenolic OH excluding ortho intramolecular Hbond substituents is 1. The Kier molecular flexibility index (Phi) is 5.30. The Bertz CT molecular complexity index is 1240. The topological polar surface area (TPSA) is 78.1 Å². The first-order valence-corrected chi connectivity index (χ1v) is 9.30. The van der Waals surface area contributed by atoms with Crippen molar-refractivity contribution in [1.82, 2.24) is 0 Å². The molecule has 0 saturated carbocycles. The molecule has 3 aromatic carbocycles. The van der Waals surface area contributed by atoms with E-state index < -0.39 is 5.43 Å². The average molecular weight is 404 g/mol. The molecule has 0 atom stereocenters. The van der Waals surface area contributed by atoms with Crippen molar-refractivity contribution in [3.63, 3.8) is 0 Å². The quantitative estimate of drug-likeness (QED) is 0.499. The van der Waals surface area contributed by atoms with Gasteiger partial charge in [0.05, 0.1) is 19.8 Å². The van der Waals surface area contributed by atoms with Gasteiger partial charge in [0.2, 0.25) is 5.75 Å². The zero-order valence-electron chi connectivity index (χ0n) is 16.5. The number of fused-ring (bicyclic) bond motifs is 1. The summed E-state index contributed by atoms with van der Waals surface area (Å²) < 4.78 is 22.6. The number of ether oxygens (including phenoxy) is 3. The summed E-state index contributed by atoms with van der Waals surface area (Å²) in [6.07, 6.45) is 0. The van der Waals surface area contributed by atoms with Crippen molar-refractivity contribution in [2.24, 2.45) is 0 Å². The number of rotatable bonds is 6. The summed E-state index contributed by atoms with van der Waals surface area (Å²) in [6, 6.07) is 19.7. The van der Waals surface area contributed by atoms with Crippen LogP contribution >= 0.6 is 0 Å². The molecule has 1 heterocycles. The van der Waals surface area contributed by atoms with Gasteiger partial charge in [0.1, 0.15) is 29.3 Å². The lowest BCUT2D eigenvalue weighted by molar-refractivity contribution is 0.307. The highest BCUT2D eigenvalue weighted by atomic mass is 16.5. The van der Waals surface area contributed by atoms with Crippen molar-refractivity contribution in [3.8, 4) is 34.3 Å². The molecule has 4 aromatic rings. The Morgan fingerprint density at radius 2 is 1.63 bits per heavy atom. The Morgan fingerprint density at radius 1 is 0.900 bits per heavy atom. The van der Waals surface area contributed by atoms with Crippen molar-refractivity contribution in [3.05, 3.63) is 82.5 Å². The molecule has 0 fully saturated rings. The highest BCUT2D eigenvalue weighted by molar-refractivity contribution is 5.92. The summed E-state index contributed by atoms with van der Waals surface area (Å²) in [7, 11) is 2.88. The van der Waals surface area contributed by atoms with Crippen LogP contribution in [0.5, 0.6) is 23.0 Å². The van der Waals surface area contributed by atoms with Gasteiger partial charge in [-0.05, 0) is 17.7 Å². The van der Waals surface area contributed by atoms with Gasteiger partial charge in [0, 0.05) is 12.1 Å². The normalized spacial score (nSPS) is 10.7. The van der Waals surface area contributed by atoms with Crippen LogP contribution < -0.4 is 19.6 Å². The van der Waals surface area contributed by atoms with Gasteiger partial charge < -0.3 is 23.7 Å². The molecule has 0 aliphatic carbocycles. The van der Waals surface area contributed by atoms with E-state index in [1.54, 1.807) is 6.07 Å². The molecule has 152 valence electrons. The third-order valence-electron chi connectivity index (χ3n) is 4.72. The van der Waals surface area contributed by atoms with E-state index in [0.717, 1.165) is 5.56 Å². The van der Waals surface area contributed by atoms with Crippen LogP contribution in [-0.4, -0.2) is 19.3 Å². The minimum Gasteiger partial charge on any atom is -0.507 e. The molecule has 0 saturated heterocycles. The van der Waals surface area contributed by atoms with Crippen LogP contribution in [0.25, 0.3) is 22.3 Å². The van der Waals surface area contributed by atoms with Crippen LogP contribution in [0.2, 0.25) is 0 Å². The fourth-order valence-electron chi connectivity index (χ4n) is 3.28. The van der Waals surface area contributed by atoms with E-state index in [-0.39, 0.29) is 28.2 Å². The molecule has 6 nitrogen and oxygen atoms in total. The molecule has 6 heteroatoms. The van der Waals surface area contributed by atoms with E-state index in [1.165, 1.54) is 26.4 Å². The van der Waals surface area contributed by atoms with Crippen molar-refractivity contribution in [2.45, 2.75) is 6.61 Å².